The fraction of sp³-hybridized carbons (Fsp3) is 0.450. The average molecular weight is 406 g/mol. The van der Waals surface area contributed by atoms with Crippen molar-refractivity contribution < 1.29 is 33.7 Å². The molecule has 1 aromatic carbocycles. The molecule has 0 heterocycles. The third-order valence-electron chi connectivity index (χ3n) is 4.01. The average Bonchev–Trinajstić information content (AvgIpc) is 2.94. The minimum Gasteiger partial charge on any atom is -0.466 e. The summed E-state index contributed by atoms with van der Waals surface area (Å²) >= 11 is 0. The Balaban J connectivity index is 2.06. The van der Waals surface area contributed by atoms with Crippen molar-refractivity contribution in [1.82, 2.24) is 10.6 Å². The smallest absolute Gasteiger partial charge is 0.408 e. The van der Waals surface area contributed by atoms with E-state index in [1.165, 1.54) is 13.2 Å². The molecule has 9 nitrogen and oxygen atoms in total. The summed E-state index contributed by atoms with van der Waals surface area (Å²) in [6.45, 7) is 5.10. The van der Waals surface area contributed by atoms with Crippen molar-refractivity contribution in [3.63, 3.8) is 0 Å². The number of aliphatic hydroxyl groups is 1. The Bertz CT molecular complexity index is 771. The van der Waals surface area contributed by atoms with Gasteiger partial charge in [0.25, 0.3) is 0 Å². The largest absolute Gasteiger partial charge is 0.466 e. The van der Waals surface area contributed by atoms with Crippen LogP contribution in [0.4, 0.5) is 9.59 Å². The summed E-state index contributed by atoms with van der Waals surface area (Å²) in [5.41, 5.74) is -0.0469. The molecule has 0 unspecified atom stereocenters. The molecular formula is C20H26N2O7. The van der Waals surface area contributed by atoms with Gasteiger partial charge in [0.1, 0.15) is 18.3 Å². The number of nitrogens with one attached hydrogen (secondary N) is 2. The molecule has 3 atom stereocenters. The number of methoxy groups -OCH3 is 1. The fourth-order valence-electron chi connectivity index (χ4n) is 2.74. The molecule has 3 N–H and O–H groups in total. The molecule has 0 fully saturated rings. The van der Waals surface area contributed by atoms with Crippen molar-refractivity contribution in [2.45, 2.75) is 51.2 Å². The number of rotatable bonds is 5. The number of carbonyl (C=O) groups is 3. The van der Waals surface area contributed by atoms with Crippen molar-refractivity contribution in [2.24, 2.45) is 0 Å². The Hall–Kier alpha value is -3.07. The Kier molecular flexibility index (Phi) is 7.22. The number of carbonyl (C=O) groups excluding carboxylic acids is 3. The van der Waals surface area contributed by atoms with Gasteiger partial charge in [-0.3, -0.25) is 0 Å². The minimum atomic E-state index is -1.39. The van der Waals surface area contributed by atoms with Gasteiger partial charge in [0.2, 0.25) is 0 Å². The molecule has 1 aromatic rings. The maximum atomic E-state index is 12.2. The van der Waals surface area contributed by atoms with E-state index >= 15 is 0 Å². The maximum Gasteiger partial charge on any atom is 0.408 e. The molecule has 2 amide bonds. The summed E-state index contributed by atoms with van der Waals surface area (Å²) in [4.78, 5) is 36.2. The van der Waals surface area contributed by atoms with E-state index in [1.54, 1.807) is 32.9 Å². The topological polar surface area (TPSA) is 123 Å². The van der Waals surface area contributed by atoms with Crippen molar-refractivity contribution in [3.8, 4) is 0 Å². The number of aliphatic hydroxyl groups excluding tert-OH is 1. The summed E-state index contributed by atoms with van der Waals surface area (Å²) in [6, 6.07) is 7.13. The van der Waals surface area contributed by atoms with Crippen LogP contribution in [0.15, 0.2) is 42.0 Å². The molecule has 158 valence electrons. The third kappa shape index (κ3) is 6.49. The zero-order valence-electron chi connectivity index (χ0n) is 16.8. The Morgan fingerprint density at radius 1 is 1.07 bits per heavy atom. The van der Waals surface area contributed by atoms with Gasteiger partial charge in [-0.25, -0.2) is 14.4 Å². The lowest BCUT2D eigenvalue weighted by Gasteiger charge is -2.27. The molecule has 0 bridgehead atoms. The molecule has 0 saturated heterocycles. The first-order valence-electron chi connectivity index (χ1n) is 9.05. The summed E-state index contributed by atoms with van der Waals surface area (Å²) in [7, 11) is 1.17. The molecule has 29 heavy (non-hydrogen) atoms. The fourth-order valence-corrected chi connectivity index (χ4v) is 2.74. The van der Waals surface area contributed by atoms with E-state index < -0.39 is 41.9 Å². The molecule has 0 spiro atoms. The summed E-state index contributed by atoms with van der Waals surface area (Å²) in [5, 5.41) is 15.5. The molecule has 0 aromatic heterocycles. The first-order valence-corrected chi connectivity index (χ1v) is 9.05. The van der Waals surface area contributed by atoms with Gasteiger partial charge in [-0.1, -0.05) is 30.3 Å². The number of ether oxygens (including phenoxy) is 3. The van der Waals surface area contributed by atoms with Gasteiger partial charge in [0.05, 0.1) is 24.8 Å². The van der Waals surface area contributed by atoms with Crippen LogP contribution in [0.1, 0.15) is 26.3 Å². The van der Waals surface area contributed by atoms with Crippen LogP contribution in [0, 0.1) is 0 Å². The summed E-state index contributed by atoms with van der Waals surface area (Å²) < 4.78 is 15.0. The number of benzene rings is 1. The zero-order valence-corrected chi connectivity index (χ0v) is 16.8. The van der Waals surface area contributed by atoms with Gasteiger partial charge in [-0.05, 0) is 32.4 Å². The van der Waals surface area contributed by atoms with E-state index in [4.69, 9.17) is 9.47 Å². The van der Waals surface area contributed by atoms with Crippen LogP contribution in [-0.4, -0.2) is 54.2 Å². The van der Waals surface area contributed by atoms with E-state index in [0.717, 1.165) is 5.56 Å². The molecule has 2 rings (SSSR count). The van der Waals surface area contributed by atoms with E-state index in [-0.39, 0.29) is 12.2 Å². The third-order valence-corrected chi connectivity index (χ3v) is 4.01. The van der Waals surface area contributed by atoms with Crippen LogP contribution >= 0.6 is 0 Å². The highest BCUT2D eigenvalue weighted by molar-refractivity contribution is 5.91. The van der Waals surface area contributed by atoms with Crippen molar-refractivity contribution >= 4 is 18.2 Å². The van der Waals surface area contributed by atoms with Crippen LogP contribution in [-0.2, 0) is 25.6 Å². The normalized spacial score (nSPS) is 21.0. The highest BCUT2D eigenvalue weighted by Crippen LogP contribution is 2.22. The van der Waals surface area contributed by atoms with Crippen LogP contribution < -0.4 is 10.6 Å². The lowest BCUT2D eigenvalue weighted by molar-refractivity contribution is -0.137. The van der Waals surface area contributed by atoms with E-state index in [1.807, 2.05) is 18.2 Å². The number of hydrogen-bond donors (Lipinski definition) is 3. The second kappa shape index (κ2) is 9.42. The van der Waals surface area contributed by atoms with Crippen molar-refractivity contribution in [2.75, 3.05) is 7.11 Å². The summed E-state index contributed by atoms with van der Waals surface area (Å²) in [5.74, 6) is -0.768. The Morgan fingerprint density at radius 3 is 2.31 bits per heavy atom. The molecule has 0 saturated carbocycles. The van der Waals surface area contributed by atoms with Crippen molar-refractivity contribution in [3.05, 3.63) is 47.5 Å². The number of hydrogen-bond acceptors (Lipinski definition) is 7. The number of alkyl carbamates (subject to hydrolysis) is 2. The molecular weight excluding hydrogens is 380 g/mol. The van der Waals surface area contributed by atoms with Crippen molar-refractivity contribution in [1.29, 1.82) is 0 Å². The van der Waals surface area contributed by atoms with Crippen LogP contribution in [0.25, 0.3) is 0 Å². The highest BCUT2D eigenvalue weighted by atomic mass is 16.6. The molecule has 1 aliphatic carbocycles. The van der Waals surface area contributed by atoms with E-state index in [0.29, 0.717) is 0 Å². The van der Waals surface area contributed by atoms with Gasteiger partial charge in [-0.15, -0.1) is 0 Å². The predicted octanol–water partition coefficient (Wildman–Crippen LogP) is 1.65. The Labute approximate surface area is 169 Å². The second-order valence-electron chi connectivity index (χ2n) is 7.46. The highest BCUT2D eigenvalue weighted by Gasteiger charge is 2.42. The van der Waals surface area contributed by atoms with Gasteiger partial charge < -0.3 is 30.0 Å². The van der Waals surface area contributed by atoms with Crippen LogP contribution in [0.5, 0.6) is 0 Å². The molecule has 1 aliphatic rings. The molecule has 9 heteroatoms. The van der Waals surface area contributed by atoms with E-state index in [9.17, 15) is 19.5 Å². The summed E-state index contributed by atoms with van der Waals surface area (Å²) in [6.07, 6.45) is -1.65. The quantitative estimate of drug-likeness (QED) is 0.502. The monoisotopic (exact) mass is 406 g/mol. The van der Waals surface area contributed by atoms with Gasteiger partial charge in [0.15, 0.2) is 0 Å². The minimum absolute atomic E-state index is 0.0414. The molecule has 0 aliphatic heterocycles. The van der Waals surface area contributed by atoms with Gasteiger partial charge in [-0.2, -0.15) is 0 Å². The standard InChI is InChI=1S/C20H26N2O7/c1-20(2,3)29-19(26)22-15-14(10-13(16(15)23)17(24)27-4)21-18(25)28-11-12-8-6-5-7-9-12/h5-10,14-16,23H,11H2,1-4H3,(H,21,25)(H,22,26)/t14-,15-,16+/m1/s1. The van der Waals surface area contributed by atoms with Crippen LogP contribution in [0.3, 0.4) is 0 Å². The zero-order chi connectivity index (χ0) is 21.6. The van der Waals surface area contributed by atoms with Gasteiger partial charge >= 0.3 is 18.2 Å². The van der Waals surface area contributed by atoms with Gasteiger partial charge in [0, 0.05) is 0 Å². The number of amides is 2. The number of esters is 1. The van der Waals surface area contributed by atoms with E-state index in [2.05, 4.69) is 15.4 Å². The first kappa shape index (κ1) is 22.2. The molecule has 0 radical (unpaired) electrons. The predicted molar refractivity (Wildman–Crippen MR) is 103 cm³/mol. The van der Waals surface area contributed by atoms with Crippen LogP contribution in [0.2, 0.25) is 0 Å². The lowest BCUT2D eigenvalue weighted by atomic mass is 10.1. The second-order valence-corrected chi connectivity index (χ2v) is 7.46. The SMILES string of the molecule is COC(=O)C1=C[C@@H](NC(=O)OCc2ccccc2)[C@@H](NC(=O)OC(C)(C)C)[C@H]1O. The maximum absolute atomic E-state index is 12.2. The first-order chi connectivity index (χ1) is 13.6. The lowest BCUT2D eigenvalue weighted by Crippen LogP contribution is -2.54. The Morgan fingerprint density at radius 2 is 1.72 bits per heavy atom.